The summed E-state index contributed by atoms with van der Waals surface area (Å²) in [5.74, 6) is 0. The van der Waals surface area contributed by atoms with Crippen LogP contribution in [0, 0.1) is 13.8 Å². The van der Waals surface area contributed by atoms with E-state index >= 15 is 0 Å². The van der Waals surface area contributed by atoms with Gasteiger partial charge in [0, 0.05) is 18.0 Å². The zero-order chi connectivity index (χ0) is 11.5. The third-order valence-electron chi connectivity index (χ3n) is 2.73. The molecule has 16 heavy (non-hydrogen) atoms. The summed E-state index contributed by atoms with van der Waals surface area (Å²) in [5, 5.41) is 9.23. The van der Waals surface area contributed by atoms with Crippen molar-refractivity contribution in [3.05, 3.63) is 53.3 Å². The van der Waals surface area contributed by atoms with Crippen LogP contribution in [-0.2, 0) is 6.61 Å². The Labute approximate surface area is 95.6 Å². The van der Waals surface area contributed by atoms with Gasteiger partial charge in [-0.1, -0.05) is 12.1 Å². The molecule has 0 saturated carbocycles. The average molecular weight is 213 g/mol. The van der Waals surface area contributed by atoms with E-state index in [1.807, 2.05) is 38.4 Å². The van der Waals surface area contributed by atoms with Crippen molar-refractivity contribution in [1.29, 1.82) is 0 Å². The standard InChI is InChI=1S/C14H15NO/c1-10-5-13(8-15-7-10)12-4-3-11(2)14(6-12)9-16/h3-8,16H,9H2,1-2H3. The number of aryl methyl sites for hydroxylation is 2. The molecule has 2 rings (SSSR count). The molecule has 2 heteroatoms. The smallest absolute Gasteiger partial charge is 0.0684 e. The summed E-state index contributed by atoms with van der Waals surface area (Å²) in [5.41, 5.74) is 5.43. The second-order valence-corrected chi connectivity index (χ2v) is 4.05. The molecule has 82 valence electrons. The van der Waals surface area contributed by atoms with E-state index in [2.05, 4.69) is 17.1 Å². The van der Waals surface area contributed by atoms with Crippen molar-refractivity contribution < 1.29 is 5.11 Å². The van der Waals surface area contributed by atoms with E-state index in [1.165, 1.54) is 0 Å². The normalized spacial score (nSPS) is 10.4. The van der Waals surface area contributed by atoms with Crippen LogP contribution in [0.15, 0.2) is 36.7 Å². The fourth-order valence-corrected chi connectivity index (χ4v) is 1.73. The van der Waals surface area contributed by atoms with Gasteiger partial charge < -0.3 is 5.11 Å². The fraction of sp³-hybridized carbons (Fsp3) is 0.214. The number of benzene rings is 1. The molecule has 0 aliphatic carbocycles. The van der Waals surface area contributed by atoms with Gasteiger partial charge in [0.05, 0.1) is 6.61 Å². The summed E-state index contributed by atoms with van der Waals surface area (Å²) in [7, 11) is 0. The molecule has 0 radical (unpaired) electrons. The Kier molecular flexibility index (Phi) is 3.02. The van der Waals surface area contributed by atoms with Gasteiger partial charge in [0.1, 0.15) is 0 Å². The van der Waals surface area contributed by atoms with Crippen molar-refractivity contribution in [3.8, 4) is 11.1 Å². The van der Waals surface area contributed by atoms with Crippen LogP contribution in [0.2, 0.25) is 0 Å². The molecule has 0 bridgehead atoms. The predicted molar refractivity (Wildman–Crippen MR) is 65.1 cm³/mol. The molecule has 2 nitrogen and oxygen atoms in total. The molecule has 0 atom stereocenters. The van der Waals surface area contributed by atoms with Crippen LogP contribution >= 0.6 is 0 Å². The fourth-order valence-electron chi connectivity index (χ4n) is 1.73. The summed E-state index contributed by atoms with van der Waals surface area (Å²) >= 11 is 0. The first kappa shape index (κ1) is 10.8. The molecule has 0 aliphatic rings. The lowest BCUT2D eigenvalue weighted by Gasteiger charge is -2.07. The van der Waals surface area contributed by atoms with Gasteiger partial charge in [-0.3, -0.25) is 4.98 Å². The van der Waals surface area contributed by atoms with Crippen molar-refractivity contribution in [2.24, 2.45) is 0 Å². The average Bonchev–Trinajstić information content (AvgIpc) is 2.29. The van der Waals surface area contributed by atoms with Crippen molar-refractivity contribution in [3.63, 3.8) is 0 Å². The van der Waals surface area contributed by atoms with E-state index in [0.29, 0.717) is 0 Å². The third kappa shape index (κ3) is 2.12. The van der Waals surface area contributed by atoms with Gasteiger partial charge in [-0.25, -0.2) is 0 Å². The Morgan fingerprint density at radius 2 is 1.88 bits per heavy atom. The van der Waals surface area contributed by atoms with Crippen LogP contribution in [0.1, 0.15) is 16.7 Å². The molecule has 1 N–H and O–H groups in total. The van der Waals surface area contributed by atoms with E-state index in [4.69, 9.17) is 0 Å². The molecule has 0 saturated heterocycles. The number of nitrogens with zero attached hydrogens (tertiary/aromatic N) is 1. The largest absolute Gasteiger partial charge is 0.392 e. The Balaban J connectivity index is 2.48. The molecule has 1 heterocycles. The lowest BCUT2D eigenvalue weighted by Crippen LogP contribution is -1.90. The van der Waals surface area contributed by atoms with Crippen molar-refractivity contribution >= 4 is 0 Å². The summed E-state index contributed by atoms with van der Waals surface area (Å²) < 4.78 is 0. The summed E-state index contributed by atoms with van der Waals surface area (Å²) in [6, 6.07) is 8.21. The second kappa shape index (κ2) is 4.45. The molecular weight excluding hydrogens is 198 g/mol. The molecular formula is C14H15NO. The molecule has 0 spiro atoms. The van der Waals surface area contributed by atoms with Gasteiger partial charge in [-0.2, -0.15) is 0 Å². The van der Waals surface area contributed by atoms with Gasteiger partial charge in [0.25, 0.3) is 0 Å². The van der Waals surface area contributed by atoms with E-state index < -0.39 is 0 Å². The summed E-state index contributed by atoms with van der Waals surface area (Å²) in [6.07, 6.45) is 3.68. The quantitative estimate of drug-likeness (QED) is 0.832. The number of aliphatic hydroxyl groups excluding tert-OH is 1. The number of rotatable bonds is 2. The van der Waals surface area contributed by atoms with Gasteiger partial charge in [0.15, 0.2) is 0 Å². The number of pyridine rings is 1. The van der Waals surface area contributed by atoms with E-state index in [0.717, 1.165) is 27.8 Å². The predicted octanol–water partition coefficient (Wildman–Crippen LogP) is 2.86. The Morgan fingerprint density at radius 3 is 2.56 bits per heavy atom. The van der Waals surface area contributed by atoms with Gasteiger partial charge in [0.2, 0.25) is 0 Å². The summed E-state index contributed by atoms with van der Waals surface area (Å²) in [6.45, 7) is 4.11. The highest BCUT2D eigenvalue weighted by molar-refractivity contribution is 5.64. The van der Waals surface area contributed by atoms with Crippen LogP contribution in [0.5, 0.6) is 0 Å². The number of aromatic nitrogens is 1. The highest BCUT2D eigenvalue weighted by Crippen LogP contribution is 2.22. The lowest BCUT2D eigenvalue weighted by molar-refractivity contribution is 0.281. The van der Waals surface area contributed by atoms with Gasteiger partial charge >= 0.3 is 0 Å². The topological polar surface area (TPSA) is 33.1 Å². The molecule has 1 aromatic heterocycles. The molecule has 2 aromatic rings. The minimum absolute atomic E-state index is 0.0823. The van der Waals surface area contributed by atoms with E-state index in [1.54, 1.807) is 0 Å². The molecule has 1 aromatic carbocycles. The number of hydrogen-bond acceptors (Lipinski definition) is 2. The first-order valence-electron chi connectivity index (χ1n) is 5.33. The van der Waals surface area contributed by atoms with Crippen LogP contribution < -0.4 is 0 Å². The van der Waals surface area contributed by atoms with Crippen LogP contribution in [0.3, 0.4) is 0 Å². The first-order chi connectivity index (χ1) is 7.70. The Bertz CT molecular complexity index is 506. The second-order valence-electron chi connectivity index (χ2n) is 4.05. The maximum Gasteiger partial charge on any atom is 0.0684 e. The van der Waals surface area contributed by atoms with Crippen LogP contribution in [0.25, 0.3) is 11.1 Å². The lowest BCUT2D eigenvalue weighted by atomic mass is 10.0. The van der Waals surface area contributed by atoms with Crippen molar-refractivity contribution in [1.82, 2.24) is 4.98 Å². The number of hydrogen-bond donors (Lipinski definition) is 1. The SMILES string of the molecule is Cc1cncc(-c2ccc(C)c(CO)c2)c1. The first-order valence-corrected chi connectivity index (χ1v) is 5.33. The zero-order valence-electron chi connectivity index (χ0n) is 9.57. The minimum atomic E-state index is 0.0823. The molecule has 0 aliphatic heterocycles. The Morgan fingerprint density at radius 1 is 1.06 bits per heavy atom. The third-order valence-corrected chi connectivity index (χ3v) is 2.73. The van der Waals surface area contributed by atoms with Gasteiger partial charge in [-0.05, 0) is 48.2 Å². The zero-order valence-corrected chi connectivity index (χ0v) is 9.57. The van der Waals surface area contributed by atoms with E-state index in [9.17, 15) is 5.11 Å². The Hall–Kier alpha value is -1.67. The molecule has 0 fully saturated rings. The van der Waals surface area contributed by atoms with Crippen LogP contribution in [-0.4, -0.2) is 10.1 Å². The maximum absolute atomic E-state index is 9.23. The van der Waals surface area contributed by atoms with Crippen molar-refractivity contribution in [2.75, 3.05) is 0 Å². The molecule has 0 unspecified atom stereocenters. The van der Waals surface area contributed by atoms with E-state index in [-0.39, 0.29) is 6.61 Å². The van der Waals surface area contributed by atoms with Crippen molar-refractivity contribution in [2.45, 2.75) is 20.5 Å². The highest BCUT2D eigenvalue weighted by atomic mass is 16.3. The highest BCUT2D eigenvalue weighted by Gasteiger charge is 2.02. The number of aliphatic hydroxyl groups is 1. The van der Waals surface area contributed by atoms with Crippen LogP contribution in [0.4, 0.5) is 0 Å². The molecule has 0 amide bonds. The minimum Gasteiger partial charge on any atom is -0.392 e. The maximum atomic E-state index is 9.23. The monoisotopic (exact) mass is 213 g/mol. The van der Waals surface area contributed by atoms with Gasteiger partial charge in [-0.15, -0.1) is 0 Å². The summed E-state index contributed by atoms with van der Waals surface area (Å²) in [4.78, 5) is 4.18.